The molecule has 0 aliphatic carbocycles. The minimum absolute atomic E-state index is 0.0570. The number of hydrogen-bond donors (Lipinski definition) is 2. The fraction of sp³-hybridized carbons (Fsp3) is 0.538. The Morgan fingerprint density at radius 1 is 1.35 bits per heavy atom. The summed E-state index contributed by atoms with van der Waals surface area (Å²) in [6.07, 6.45) is -4.30. The highest BCUT2D eigenvalue weighted by molar-refractivity contribution is 9.10. The molecule has 2 N–H and O–H groups in total. The minimum atomic E-state index is -4.30. The van der Waals surface area contributed by atoms with Gasteiger partial charge in [-0.3, -0.25) is 0 Å². The van der Waals surface area contributed by atoms with E-state index in [0.717, 1.165) is 21.5 Å². The summed E-state index contributed by atoms with van der Waals surface area (Å²) in [5.74, 6) is 0. The van der Waals surface area contributed by atoms with E-state index in [1.807, 2.05) is 6.92 Å². The van der Waals surface area contributed by atoms with Gasteiger partial charge in [-0.05, 0) is 24.2 Å². The molecule has 1 rings (SSSR count). The van der Waals surface area contributed by atoms with Crippen molar-refractivity contribution in [3.8, 4) is 0 Å². The summed E-state index contributed by atoms with van der Waals surface area (Å²) in [5.41, 5.74) is 1.41. The molecular weight excluding hydrogens is 337 g/mol. The van der Waals surface area contributed by atoms with Crippen LogP contribution in [0.4, 0.5) is 18.9 Å². The number of benzene rings is 1. The predicted molar refractivity (Wildman–Crippen MR) is 76.9 cm³/mol. The van der Waals surface area contributed by atoms with Crippen LogP contribution in [-0.2, 0) is 6.54 Å². The van der Waals surface area contributed by atoms with Crippen LogP contribution < -0.4 is 10.2 Å². The highest BCUT2D eigenvalue weighted by Gasteiger charge is 2.30. The number of aliphatic hydroxyl groups excluding tert-OH is 1. The SMILES string of the molecule is CCNCc1ccc(N(CCO)CC(F)(F)F)cc1Br. The first kappa shape index (κ1) is 17.3. The van der Waals surface area contributed by atoms with E-state index in [0.29, 0.717) is 12.2 Å². The van der Waals surface area contributed by atoms with Crippen LogP contribution in [0.2, 0.25) is 0 Å². The summed E-state index contributed by atoms with van der Waals surface area (Å²) < 4.78 is 38.3. The fourth-order valence-corrected chi connectivity index (χ4v) is 2.28. The lowest BCUT2D eigenvalue weighted by Crippen LogP contribution is -2.36. The van der Waals surface area contributed by atoms with E-state index < -0.39 is 12.7 Å². The Balaban J connectivity index is 2.89. The van der Waals surface area contributed by atoms with Gasteiger partial charge in [-0.2, -0.15) is 13.2 Å². The Bertz CT molecular complexity index is 427. The molecule has 0 heterocycles. The van der Waals surface area contributed by atoms with Gasteiger partial charge in [0.2, 0.25) is 0 Å². The third-order valence-corrected chi connectivity index (χ3v) is 3.45. The van der Waals surface area contributed by atoms with Gasteiger partial charge in [-0.1, -0.05) is 28.9 Å². The van der Waals surface area contributed by atoms with E-state index in [-0.39, 0.29) is 13.2 Å². The number of nitrogens with one attached hydrogen (secondary N) is 1. The van der Waals surface area contributed by atoms with Crippen LogP contribution in [0.3, 0.4) is 0 Å². The van der Waals surface area contributed by atoms with Crippen molar-refractivity contribution in [2.45, 2.75) is 19.6 Å². The summed E-state index contributed by atoms with van der Waals surface area (Å²) in [7, 11) is 0. The standard InChI is InChI=1S/C13H18BrF3N2O/c1-2-18-8-10-3-4-11(7-12(10)14)19(5-6-20)9-13(15,16)17/h3-4,7,18,20H,2,5-6,8-9H2,1H3. The maximum atomic E-state index is 12.5. The molecule has 7 heteroatoms. The maximum Gasteiger partial charge on any atom is 0.405 e. The molecule has 0 amide bonds. The maximum absolute atomic E-state index is 12.5. The predicted octanol–water partition coefficient (Wildman–Crippen LogP) is 2.92. The van der Waals surface area contributed by atoms with Crippen molar-refractivity contribution in [3.05, 3.63) is 28.2 Å². The first-order valence-electron chi connectivity index (χ1n) is 6.29. The van der Waals surface area contributed by atoms with Gasteiger partial charge in [0.25, 0.3) is 0 Å². The second-order valence-electron chi connectivity index (χ2n) is 4.32. The van der Waals surface area contributed by atoms with Crippen molar-refractivity contribution >= 4 is 21.6 Å². The monoisotopic (exact) mass is 354 g/mol. The Hall–Kier alpha value is -0.790. The topological polar surface area (TPSA) is 35.5 Å². The highest BCUT2D eigenvalue weighted by Crippen LogP contribution is 2.27. The zero-order valence-electron chi connectivity index (χ0n) is 11.2. The molecule has 0 saturated heterocycles. The number of halogens is 4. The lowest BCUT2D eigenvalue weighted by Gasteiger charge is -2.25. The molecule has 20 heavy (non-hydrogen) atoms. The van der Waals surface area contributed by atoms with Gasteiger partial charge >= 0.3 is 6.18 Å². The molecule has 1 aromatic carbocycles. The molecule has 0 aliphatic rings. The molecule has 114 valence electrons. The molecule has 1 aromatic rings. The quantitative estimate of drug-likeness (QED) is 0.790. The molecule has 0 fully saturated rings. The summed E-state index contributed by atoms with van der Waals surface area (Å²) in [5, 5.41) is 12.1. The fourth-order valence-electron chi connectivity index (χ4n) is 1.77. The average Bonchev–Trinajstić information content (AvgIpc) is 2.35. The Morgan fingerprint density at radius 2 is 2.05 bits per heavy atom. The van der Waals surface area contributed by atoms with Crippen molar-refractivity contribution in [3.63, 3.8) is 0 Å². The number of hydrogen-bond acceptors (Lipinski definition) is 3. The van der Waals surface area contributed by atoms with E-state index in [9.17, 15) is 13.2 Å². The van der Waals surface area contributed by atoms with Crippen molar-refractivity contribution < 1.29 is 18.3 Å². The summed E-state index contributed by atoms with van der Waals surface area (Å²) in [6.45, 7) is 1.99. The number of anilines is 1. The molecule has 0 radical (unpaired) electrons. The molecule has 0 aliphatic heterocycles. The number of rotatable bonds is 7. The van der Waals surface area contributed by atoms with Gasteiger partial charge in [0.1, 0.15) is 6.54 Å². The zero-order valence-corrected chi connectivity index (χ0v) is 12.8. The first-order valence-corrected chi connectivity index (χ1v) is 7.08. The lowest BCUT2D eigenvalue weighted by atomic mass is 10.2. The molecular formula is C13H18BrF3N2O. The second-order valence-corrected chi connectivity index (χ2v) is 5.17. The van der Waals surface area contributed by atoms with Gasteiger partial charge in [0, 0.05) is 23.2 Å². The van der Waals surface area contributed by atoms with Crippen molar-refractivity contribution in [2.75, 3.05) is 31.1 Å². The van der Waals surface area contributed by atoms with Crippen LogP contribution in [0.25, 0.3) is 0 Å². The van der Waals surface area contributed by atoms with E-state index in [1.165, 1.54) is 0 Å². The molecule has 3 nitrogen and oxygen atoms in total. The molecule has 0 unspecified atom stereocenters. The van der Waals surface area contributed by atoms with Gasteiger partial charge in [-0.15, -0.1) is 0 Å². The summed E-state index contributed by atoms with van der Waals surface area (Å²) >= 11 is 3.37. The van der Waals surface area contributed by atoms with Crippen molar-refractivity contribution in [2.24, 2.45) is 0 Å². The van der Waals surface area contributed by atoms with Gasteiger partial charge in [0.05, 0.1) is 6.61 Å². The van der Waals surface area contributed by atoms with E-state index in [1.54, 1.807) is 18.2 Å². The van der Waals surface area contributed by atoms with E-state index in [4.69, 9.17) is 5.11 Å². The summed E-state index contributed by atoms with van der Waals surface area (Å²) in [4.78, 5) is 1.11. The highest BCUT2D eigenvalue weighted by atomic mass is 79.9. The van der Waals surface area contributed by atoms with Crippen molar-refractivity contribution in [1.29, 1.82) is 0 Å². The Labute approximate surface area is 124 Å². The van der Waals surface area contributed by atoms with E-state index in [2.05, 4.69) is 21.2 Å². The Kier molecular flexibility index (Phi) is 6.78. The third kappa shape index (κ3) is 5.68. The molecule has 0 spiro atoms. The number of aliphatic hydroxyl groups is 1. The van der Waals surface area contributed by atoms with Crippen LogP contribution in [-0.4, -0.2) is 37.5 Å². The van der Waals surface area contributed by atoms with Crippen LogP contribution in [0.1, 0.15) is 12.5 Å². The summed E-state index contributed by atoms with van der Waals surface area (Å²) in [6, 6.07) is 5.07. The second kappa shape index (κ2) is 7.85. The van der Waals surface area contributed by atoms with E-state index >= 15 is 0 Å². The van der Waals surface area contributed by atoms with Crippen LogP contribution in [0.15, 0.2) is 22.7 Å². The smallest absolute Gasteiger partial charge is 0.395 e. The molecule has 0 aromatic heterocycles. The molecule has 0 bridgehead atoms. The van der Waals surface area contributed by atoms with Crippen molar-refractivity contribution in [1.82, 2.24) is 5.32 Å². The van der Waals surface area contributed by atoms with Crippen LogP contribution >= 0.6 is 15.9 Å². The first-order chi connectivity index (χ1) is 9.37. The molecule has 0 atom stereocenters. The number of alkyl halides is 3. The average molecular weight is 355 g/mol. The van der Waals surface area contributed by atoms with Gasteiger partial charge < -0.3 is 15.3 Å². The zero-order chi connectivity index (χ0) is 15.2. The molecule has 0 saturated carbocycles. The number of nitrogens with zero attached hydrogens (tertiary/aromatic N) is 1. The third-order valence-electron chi connectivity index (χ3n) is 2.71. The lowest BCUT2D eigenvalue weighted by molar-refractivity contribution is -0.119. The Morgan fingerprint density at radius 3 is 2.55 bits per heavy atom. The minimum Gasteiger partial charge on any atom is -0.395 e. The van der Waals surface area contributed by atoms with Gasteiger partial charge in [0.15, 0.2) is 0 Å². The van der Waals surface area contributed by atoms with Gasteiger partial charge in [-0.25, -0.2) is 0 Å². The van der Waals surface area contributed by atoms with Crippen LogP contribution in [0.5, 0.6) is 0 Å². The normalized spacial score (nSPS) is 11.7. The largest absolute Gasteiger partial charge is 0.405 e. The van der Waals surface area contributed by atoms with Crippen LogP contribution in [0, 0.1) is 0 Å².